The number of aromatic nitrogens is 1. The van der Waals surface area contributed by atoms with Gasteiger partial charge in [0.2, 0.25) is 5.96 Å². The molecule has 0 aliphatic carbocycles. The maximum atomic E-state index is 13.9. The highest BCUT2D eigenvalue weighted by Gasteiger charge is 2.12. The molecule has 0 saturated heterocycles. The maximum absolute atomic E-state index is 13.9. The molecule has 1 amide bonds. The van der Waals surface area contributed by atoms with E-state index in [0.717, 1.165) is 11.3 Å². The smallest absolute Gasteiger partial charge is 0.258 e. The Labute approximate surface area is 176 Å². The van der Waals surface area contributed by atoms with Crippen LogP contribution in [0.5, 0.6) is 0 Å². The van der Waals surface area contributed by atoms with Crippen molar-refractivity contribution in [3.63, 3.8) is 0 Å². The van der Waals surface area contributed by atoms with Crippen LogP contribution < -0.4 is 10.6 Å². The van der Waals surface area contributed by atoms with Gasteiger partial charge in [-0.05, 0) is 65.9 Å². The highest BCUT2D eigenvalue weighted by Crippen LogP contribution is 2.17. The molecule has 30 heavy (non-hydrogen) atoms. The van der Waals surface area contributed by atoms with Gasteiger partial charge in [0.15, 0.2) is 0 Å². The summed E-state index contributed by atoms with van der Waals surface area (Å²) in [4.78, 5) is 21.2. The number of carbonyl (C=O) groups is 1. The van der Waals surface area contributed by atoms with Crippen LogP contribution in [0.15, 0.2) is 72.0 Å². The molecule has 1 aromatic heterocycles. The van der Waals surface area contributed by atoms with Crippen LogP contribution in [0, 0.1) is 12.7 Å². The zero-order chi connectivity index (χ0) is 21.5. The fourth-order valence-electron chi connectivity index (χ4n) is 2.77. The third-order valence-electron chi connectivity index (χ3n) is 4.68. The van der Waals surface area contributed by atoms with Crippen LogP contribution in [0.2, 0.25) is 0 Å². The van der Waals surface area contributed by atoms with Gasteiger partial charge in [-0.1, -0.05) is 32.0 Å². The number of guanidine groups is 1. The van der Waals surface area contributed by atoms with Crippen LogP contribution in [0.1, 0.15) is 46.8 Å². The van der Waals surface area contributed by atoms with Crippen molar-refractivity contribution in [1.82, 2.24) is 10.3 Å². The predicted octanol–water partition coefficient (Wildman–Crippen LogP) is 5.05. The molecule has 0 radical (unpaired) electrons. The summed E-state index contributed by atoms with van der Waals surface area (Å²) in [6.45, 7) is 6.27. The number of hydrogen-bond acceptors (Lipinski definition) is 3. The lowest BCUT2D eigenvalue weighted by atomic mass is 10.0. The van der Waals surface area contributed by atoms with Crippen molar-refractivity contribution >= 4 is 17.6 Å². The van der Waals surface area contributed by atoms with Crippen molar-refractivity contribution in [1.29, 1.82) is 0 Å². The number of nitrogens with one attached hydrogen (secondary N) is 2. The van der Waals surface area contributed by atoms with Crippen molar-refractivity contribution in [3.8, 4) is 0 Å². The SMILES string of the molecule is Cc1ccc(C(=O)NC(=NCc2ccncc2)Nc2ccc(C(C)C)cc2)cc1F. The molecule has 0 bridgehead atoms. The van der Waals surface area contributed by atoms with E-state index in [2.05, 4.69) is 34.5 Å². The standard InChI is InChI=1S/C24H25FN4O/c1-16(2)19-6-8-21(9-7-19)28-24(27-15-18-10-12-26-13-11-18)29-23(30)20-5-4-17(3)22(25)14-20/h4-14,16H,15H2,1-3H3,(H2,27,28,29,30). The van der Waals surface area contributed by atoms with E-state index in [9.17, 15) is 9.18 Å². The Morgan fingerprint density at radius 3 is 2.40 bits per heavy atom. The van der Waals surface area contributed by atoms with E-state index in [1.807, 2.05) is 36.4 Å². The van der Waals surface area contributed by atoms with Crippen LogP contribution in [-0.4, -0.2) is 16.9 Å². The fraction of sp³-hybridized carbons (Fsp3) is 0.208. The van der Waals surface area contributed by atoms with Gasteiger partial charge in [0.1, 0.15) is 5.82 Å². The lowest BCUT2D eigenvalue weighted by Gasteiger charge is -2.13. The average Bonchev–Trinajstić information content (AvgIpc) is 2.75. The first kappa shape index (κ1) is 21.2. The predicted molar refractivity (Wildman–Crippen MR) is 118 cm³/mol. The number of pyridine rings is 1. The average molecular weight is 404 g/mol. The molecular formula is C24H25FN4O. The van der Waals surface area contributed by atoms with E-state index < -0.39 is 11.7 Å². The van der Waals surface area contributed by atoms with Crippen LogP contribution >= 0.6 is 0 Å². The minimum Gasteiger partial charge on any atom is -0.326 e. The molecule has 0 fully saturated rings. The molecule has 0 atom stereocenters. The molecule has 0 aliphatic rings. The summed E-state index contributed by atoms with van der Waals surface area (Å²) in [5.74, 6) is -0.144. The summed E-state index contributed by atoms with van der Waals surface area (Å²) < 4.78 is 13.9. The van der Waals surface area contributed by atoms with Gasteiger partial charge in [0.05, 0.1) is 6.54 Å². The number of aryl methyl sites for hydroxylation is 1. The number of rotatable bonds is 5. The number of nitrogens with zero attached hydrogens (tertiary/aromatic N) is 2. The van der Waals surface area contributed by atoms with E-state index >= 15 is 0 Å². The summed E-state index contributed by atoms with van der Waals surface area (Å²) in [5, 5.41) is 5.90. The maximum Gasteiger partial charge on any atom is 0.258 e. The first-order valence-corrected chi connectivity index (χ1v) is 9.80. The Morgan fingerprint density at radius 2 is 1.77 bits per heavy atom. The van der Waals surface area contributed by atoms with Crippen molar-refractivity contribution in [2.24, 2.45) is 4.99 Å². The first-order valence-electron chi connectivity index (χ1n) is 9.80. The van der Waals surface area contributed by atoms with Gasteiger partial charge >= 0.3 is 0 Å². The zero-order valence-electron chi connectivity index (χ0n) is 17.3. The van der Waals surface area contributed by atoms with Gasteiger partial charge < -0.3 is 5.32 Å². The molecule has 0 saturated carbocycles. The number of benzene rings is 2. The number of amides is 1. The Balaban J connectivity index is 1.80. The molecule has 3 aromatic rings. The second kappa shape index (κ2) is 9.78. The lowest BCUT2D eigenvalue weighted by molar-refractivity contribution is 0.0976. The van der Waals surface area contributed by atoms with Crippen molar-refractivity contribution in [3.05, 3.63) is 95.1 Å². The third-order valence-corrected chi connectivity index (χ3v) is 4.68. The molecule has 2 aromatic carbocycles. The topological polar surface area (TPSA) is 66.4 Å². The summed E-state index contributed by atoms with van der Waals surface area (Å²) in [7, 11) is 0. The highest BCUT2D eigenvalue weighted by molar-refractivity contribution is 6.09. The number of hydrogen-bond donors (Lipinski definition) is 2. The van der Waals surface area contributed by atoms with Gasteiger partial charge in [0.25, 0.3) is 5.91 Å². The molecule has 0 spiro atoms. The van der Waals surface area contributed by atoms with E-state index in [-0.39, 0.29) is 11.5 Å². The molecule has 1 heterocycles. The number of anilines is 1. The Morgan fingerprint density at radius 1 is 1.07 bits per heavy atom. The summed E-state index contributed by atoms with van der Waals surface area (Å²) >= 11 is 0. The monoisotopic (exact) mass is 404 g/mol. The molecule has 2 N–H and O–H groups in total. The summed E-state index contributed by atoms with van der Waals surface area (Å²) in [6.07, 6.45) is 3.38. The van der Waals surface area contributed by atoms with Crippen LogP contribution in [0.4, 0.5) is 10.1 Å². The van der Waals surface area contributed by atoms with E-state index in [1.165, 1.54) is 11.6 Å². The minimum absolute atomic E-state index is 0.228. The van der Waals surface area contributed by atoms with Crippen LogP contribution in [0.25, 0.3) is 0 Å². The second-order valence-corrected chi connectivity index (χ2v) is 7.34. The third kappa shape index (κ3) is 5.73. The first-order chi connectivity index (χ1) is 14.4. The molecule has 154 valence electrons. The molecule has 0 aliphatic heterocycles. The number of halogens is 1. The second-order valence-electron chi connectivity index (χ2n) is 7.34. The van der Waals surface area contributed by atoms with Crippen molar-refractivity contribution in [2.45, 2.75) is 33.2 Å². The normalized spacial score (nSPS) is 11.4. The Kier molecular flexibility index (Phi) is 6.91. The van der Waals surface area contributed by atoms with Gasteiger partial charge in [-0.3, -0.25) is 15.1 Å². The van der Waals surface area contributed by atoms with Gasteiger partial charge in [-0.2, -0.15) is 0 Å². The quantitative estimate of drug-likeness (QED) is 0.462. The van der Waals surface area contributed by atoms with Gasteiger partial charge in [0, 0.05) is 23.6 Å². The highest BCUT2D eigenvalue weighted by atomic mass is 19.1. The van der Waals surface area contributed by atoms with Gasteiger partial charge in [-0.15, -0.1) is 0 Å². The van der Waals surface area contributed by atoms with Crippen molar-refractivity contribution in [2.75, 3.05) is 5.32 Å². The fourth-order valence-corrected chi connectivity index (χ4v) is 2.77. The largest absolute Gasteiger partial charge is 0.326 e. The zero-order valence-corrected chi connectivity index (χ0v) is 17.3. The molecule has 6 heteroatoms. The molecular weight excluding hydrogens is 379 g/mol. The van der Waals surface area contributed by atoms with E-state index in [0.29, 0.717) is 18.0 Å². The Hall–Kier alpha value is -3.54. The van der Waals surface area contributed by atoms with E-state index in [1.54, 1.807) is 31.5 Å². The summed E-state index contributed by atoms with van der Waals surface area (Å²) in [5.41, 5.74) is 3.68. The van der Waals surface area contributed by atoms with Crippen molar-refractivity contribution < 1.29 is 9.18 Å². The number of aliphatic imine (C=N–C) groups is 1. The van der Waals surface area contributed by atoms with Gasteiger partial charge in [-0.25, -0.2) is 9.38 Å². The number of carbonyl (C=O) groups excluding carboxylic acids is 1. The molecule has 0 unspecified atom stereocenters. The lowest BCUT2D eigenvalue weighted by Crippen LogP contribution is -2.36. The molecule has 3 rings (SSSR count). The summed E-state index contributed by atoms with van der Waals surface area (Å²) in [6, 6.07) is 16.1. The van der Waals surface area contributed by atoms with E-state index in [4.69, 9.17) is 0 Å². The minimum atomic E-state index is -0.436. The molecule has 5 nitrogen and oxygen atoms in total. The van der Waals surface area contributed by atoms with Crippen LogP contribution in [-0.2, 0) is 6.54 Å². The van der Waals surface area contributed by atoms with Crippen LogP contribution in [0.3, 0.4) is 0 Å². The Bertz CT molecular complexity index is 1030.